The fourth-order valence-corrected chi connectivity index (χ4v) is 3.97. The summed E-state index contributed by atoms with van der Waals surface area (Å²) in [6.07, 6.45) is 3.18. The molecule has 29 heavy (non-hydrogen) atoms. The van der Waals surface area contributed by atoms with Gasteiger partial charge in [0.25, 0.3) is 0 Å². The Morgan fingerprint density at radius 2 is 1.97 bits per heavy atom. The first kappa shape index (κ1) is 23.2. The minimum absolute atomic E-state index is 0.0114. The lowest BCUT2D eigenvalue weighted by molar-refractivity contribution is -0.893. The maximum Gasteiger partial charge on any atom is 0.230 e. The van der Waals surface area contributed by atoms with Crippen molar-refractivity contribution < 1.29 is 14.4 Å². The highest BCUT2D eigenvalue weighted by molar-refractivity contribution is 7.99. The van der Waals surface area contributed by atoms with Crippen molar-refractivity contribution in [3.05, 3.63) is 35.7 Å². The third-order valence-electron chi connectivity index (χ3n) is 4.88. The molecule has 160 valence electrons. The van der Waals surface area contributed by atoms with Crippen LogP contribution in [0.25, 0.3) is 0 Å². The Hall–Kier alpha value is -2.06. The summed E-state index contributed by atoms with van der Waals surface area (Å²) in [4.78, 5) is 13.7. The van der Waals surface area contributed by atoms with Gasteiger partial charge in [-0.2, -0.15) is 0 Å². The molecule has 0 spiro atoms. The molecule has 8 heteroatoms. The molecular weight excluding hydrogens is 386 g/mol. The zero-order chi connectivity index (χ0) is 21.2. The number of aromatic nitrogens is 3. The van der Waals surface area contributed by atoms with Gasteiger partial charge in [0, 0.05) is 19.5 Å². The molecule has 7 nitrogen and oxygen atoms in total. The van der Waals surface area contributed by atoms with Crippen molar-refractivity contribution in [2.24, 2.45) is 0 Å². The smallest absolute Gasteiger partial charge is 0.230 e. The lowest BCUT2D eigenvalue weighted by atomic mass is 10.2. The number of benzene rings is 1. The molecule has 0 bridgehead atoms. The van der Waals surface area contributed by atoms with Gasteiger partial charge in [0.1, 0.15) is 11.8 Å². The largest absolute Gasteiger partial charge is 0.497 e. The monoisotopic (exact) mass is 420 g/mol. The van der Waals surface area contributed by atoms with Gasteiger partial charge >= 0.3 is 0 Å². The predicted octanol–water partition coefficient (Wildman–Crippen LogP) is 2.09. The standard InChI is InChI=1S/C21H33N5O2S/c1-6-8-13-26-20(18(7-2)25(3)4)23-24-21(26)29-15-19(27)22-14-16-9-11-17(28-5)12-10-16/h9-12,18H,6-8,13-15H2,1-5H3,(H,22,27)/p+1/t18-/m0/s1. The fourth-order valence-electron chi connectivity index (χ4n) is 3.17. The Labute approximate surface area is 178 Å². The van der Waals surface area contributed by atoms with Crippen LogP contribution in [-0.4, -0.2) is 47.6 Å². The molecule has 1 aromatic carbocycles. The number of quaternary nitrogens is 1. The maximum absolute atomic E-state index is 12.3. The average Bonchev–Trinajstić information content (AvgIpc) is 3.12. The van der Waals surface area contributed by atoms with E-state index in [1.807, 2.05) is 24.3 Å². The Balaban J connectivity index is 1.97. The van der Waals surface area contributed by atoms with Crippen molar-refractivity contribution in [2.75, 3.05) is 27.0 Å². The van der Waals surface area contributed by atoms with Gasteiger partial charge < -0.3 is 19.5 Å². The van der Waals surface area contributed by atoms with Crippen molar-refractivity contribution in [2.45, 2.75) is 57.4 Å². The molecule has 2 N–H and O–H groups in total. The highest BCUT2D eigenvalue weighted by Gasteiger charge is 2.24. The molecule has 2 rings (SSSR count). The first-order valence-corrected chi connectivity index (χ1v) is 11.2. The minimum Gasteiger partial charge on any atom is -0.497 e. The Morgan fingerprint density at radius 3 is 2.55 bits per heavy atom. The van der Waals surface area contributed by atoms with Gasteiger partial charge in [0.05, 0.1) is 27.0 Å². The zero-order valence-corrected chi connectivity index (χ0v) is 19.0. The molecule has 0 aliphatic rings. The number of thioether (sulfide) groups is 1. The number of nitrogens with one attached hydrogen (secondary N) is 2. The van der Waals surface area contributed by atoms with E-state index in [-0.39, 0.29) is 5.91 Å². The molecule has 0 saturated heterocycles. The van der Waals surface area contributed by atoms with Crippen LogP contribution in [0.4, 0.5) is 0 Å². The van der Waals surface area contributed by atoms with Crippen LogP contribution in [0.1, 0.15) is 50.5 Å². The number of nitrogens with zero attached hydrogens (tertiary/aromatic N) is 3. The second kappa shape index (κ2) is 11.8. The second-order valence-electron chi connectivity index (χ2n) is 7.30. The Kier molecular flexibility index (Phi) is 9.47. The van der Waals surface area contributed by atoms with E-state index in [1.165, 1.54) is 16.7 Å². The number of unbranched alkanes of at least 4 members (excludes halogenated alkanes) is 1. The van der Waals surface area contributed by atoms with Crippen molar-refractivity contribution in [1.82, 2.24) is 20.1 Å². The molecule has 1 atom stereocenters. The number of methoxy groups -OCH3 is 1. The number of hydrogen-bond donors (Lipinski definition) is 2. The van der Waals surface area contributed by atoms with Crippen molar-refractivity contribution in [3.8, 4) is 5.75 Å². The van der Waals surface area contributed by atoms with E-state index in [9.17, 15) is 4.79 Å². The van der Waals surface area contributed by atoms with Crippen molar-refractivity contribution in [3.63, 3.8) is 0 Å². The number of carbonyl (C=O) groups excluding carboxylic acids is 1. The molecule has 0 aliphatic carbocycles. The minimum atomic E-state index is -0.0114. The highest BCUT2D eigenvalue weighted by atomic mass is 32.2. The molecule has 1 amide bonds. The zero-order valence-electron chi connectivity index (χ0n) is 18.2. The van der Waals surface area contributed by atoms with E-state index < -0.39 is 0 Å². The van der Waals surface area contributed by atoms with Crippen molar-refractivity contribution >= 4 is 17.7 Å². The lowest BCUT2D eigenvalue weighted by Gasteiger charge is -2.20. The summed E-state index contributed by atoms with van der Waals surface area (Å²) in [6, 6.07) is 8.00. The maximum atomic E-state index is 12.3. The first-order chi connectivity index (χ1) is 14.0. The molecule has 0 saturated carbocycles. The normalized spacial score (nSPS) is 12.2. The van der Waals surface area contributed by atoms with Crippen LogP contribution in [0.3, 0.4) is 0 Å². The van der Waals surface area contributed by atoms with Gasteiger partial charge in [-0.25, -0.2) is 0 Å². The summed E-state index contributed by atoms with van der Waals surface area (Å²) in [7, 11) is 5.93. The van der Waals surface area contributed by atoms with Crippen LogP contribution in [0, 0.1) is 0 Å². The lowest BCUT2D eigenvalue weighted by Crippen LogP contribution is -3.06. The third kappa shape index (κ3) is 6.75. The average molecular weight is 421 g/mol. The van der Waals surface area contributed by atoms with Crippen LogP contribution >= 0.6 is 11.8 Å². The van der Waals surface area contributed by atoms with Crippen LogP contribution < -0.4 is 15.0 Å². The number of rotatable bonds is 12. The summed E-state index contributed by atoms with van der Waals surface area (Å²) in [5, 5.41) is 12.7. The van der Waals surface area contributed by atoms with Gasteiger partial charge in [-0.1, -0.05) is 44.2 Å². The van der Waals surface area contributed by atoms with Gasteiger partial charge in [-0.05, 0) is 24.1 Å². The van der Waals surface area contributed by atoms with E-state index in [1.54, 1.807) is 7.11 Å². The third-order valence-corrected chi connectivity index (χ3v) is 5.85. The molecule has 0 radical (unpaired) electrons. The molecule has 1 heterocycles. The Morgan fingerprint density at radius 1 is 1.24 bits per heavy atom. The Bertz CT molecular complexity index is 761. The molecule has 2 aromatic rings. The summed E-state index contributed by atoms with van der Waals surface area (Å²) in [5.41, 5.74) is 1.04. The van der Waals surface area contributed by atoms with Gasteiger partial charge in [-0.15, -0.1) is 10.2 Å². The molecule has 1 aromatic heterocycles. The first-order valence-electron chi connectivity index (χ1n) is 10.3. The summed E-state index contributed by atoms with van der Waals surface area (Å²) in [5.74, 6) is 2.14. The molecule has 0 aliphatic heterocycles. The highest BCUT2D eigenvalue weighted by Crippen LogP contribution is 2.21. The van der Waals surface area contributed by atoms with Crippen LogP contribution in [0.2, 0.25) is 0 Å². The van der Waals surface area contributed by atoms with Crippen molar-refractivity contribution in [1.29, 1.82) is 0 Å². The summed E-state index contributed by atoms with van der Waals surface area (Å²) in [6.45, 7) is 5.74. The van der Waals surface area contributed by atoms with Gasteiger partial charge in [-0.3, -0.25) is 4.79 Å². The van der Waals surface area contributed by atoms with Crippen LogP contribution in [0.5, 0.6) is 5.75 Å². The van der Waals surface area contributed by atoms with Gasteiger partial charge in [0.2, 0.25) is 5.91 Å². The number of hydrogen-bond acceptors (Lipinski definition) is 5. The molecule has 0 unspecified atom stereocenters. The predicted molar refractivity (Wildman–Crippen MR) is 116 cm³/mol. The van der Waals surface area contributed by atoms with E-state index in [0.29, 0.717) is 18.3 Å². The van der Waals surface area contributed by atoms with Gasteiger partial charge in [0.15, 0.2) is 11.0 Å². The summed E-state index contributed by atoms with van der Waals surface area (Å²) >= 11 is 1.46. The second-order valence-corrected chi connectivity index (χ2v) is 8.24. The molecular formula is C21H34N5O2S+. The van der Waals surface area contributed by atoms with E-state index in [2.05, 4.69) is 48.0 Å². The van der Waals surface area contributed by atoms with E-state index in [0.717, 1.165) is 48.1 Å². The quantitative estimate of drug-likeness (QED) is 0.515. The number of carbonyl (C=O) groups is 1. The topological polar surface area (TPSA) is 73.5 Å². The summed E-state index contributed by atoms with van der Waals surface area (Å²) < 4.78 is 7.36. The van der Waals surface area contributed by atoms with E-state index >= 15 is 0 Å². The number of amides is 1. The van der Waals surface area contributed by atoms with E-state index in [4.69, 9.17) is 4.74 Å². The molecule has 0 fully saturated rings. The van der Waals surface area contributed by atoms with Crippen LogP contribution in [-0.2, 0) is 17.9 Å². The fraction of sp³-hybridized carbons (Fsp3) is 0.571. The SMILES string of the molecule is CCCCn1c(SCC(=O)NCc2ccc(OC)cc2)nnc1[C@H](CC)[NH+](C)C. The number of ether oxygens (including phenoxy) is 1. The van der Waals surface area contributed by atoms with Crippen LogP contribution in [0.15, 0.2) is 29.4 Å².